The Labute approximate surface area is 120 Å². The first-order valence-corrected chi connectivity index (χ1v) is 7.08. The number of hydrogen-bond acceptors (Lipinski definition) is 4. The van der Waals surface area contributed by atoms with Gasteiger partial charge in [-0.25, -0.2) is 0 Å². The van der Waals surface area contributed by atoms with E-state index in [1.807, 2.05) is 24.3 Å². The molecule has 5 nitrogen and oxygen atoms in total. The predicted molar refractivity (Wildman–Crippen MR) is 78.5 cm³/mol. The van der Waals surface area contributed by atoms with Crippen LogP contribution in [-0.4, -0.2) is 43.6 Å². The molecule has 0 unspecified atom stereocenters. The van der Waals surface area contributed by atoms with E-state index in [1.54, 1.807) is 0 Å². The molecule has 3 N–H and O–H groups in total. The van der Waals surface area contributed by atoms with Gasteiger partial charge in [-0.2, -0.15) is 0 Å². The molecule has 0 radical (unpaired) electrons. The molecule has 0 atom stereocenters. The molecule has 1 amide bonds. The Kier molecular flexibility index (Phi) is 5.38. The second-order valence-electron chi connectivity index (χ2n) is 5.16. The molecule has 1 fully saturated rings. The van der Waals surface area contributed by atoms with E-state index in [-0.39, 0.29) is 12.5 Å². The van der Waals surface area contributed by atoms with E-state index in [4.69, 9.17) is 10.5 Å². The molecule has 0 spiro atoms. The number of carbonyl (C=O) groups is 1. The topological polar surface area (TPSA) is 67.6 Å². The van der Waals surface area contributed by atoms with Crippen LogP contribution >= 0.6 is 0 Å². The number of amides is 1. The Bertz CT molecular complexity index is 446. The molecule has 2 rings (SSSR count). The van der Waals surface area contributed by atoms with Crippen LogP contribution in [0.5, 0.6) is 5.75 Å². The zero-order chi connectivity index (χ0) is 14.4. The maximum Gasteiger partial charge on any atom is 0.257 e. The van der Waals surface area contributed by atoms with Gasteiger partial charge in [0.15, 0.2) is 6.61 Å². The van der Waals surface area contributed by atoms with Crippen LogP contribution in [0, 0.1) is 0 Å². The SMILES string of the molecule is CN(CCNC(=O)COc1ccccc1CN)C1CC1. The minimum Gasteiger partial charge on any atom is -0.483 e. The molecule has 1 aliphatic carbocycles. The highest BCUT2D eigenvalue weighted by Crippen LogP contribution is 2.24. The van der Waals surface area contributed by atoms with Crippen molar-refractivity contribution in [2.24, 2.45) is 5.73 Å². The predicted octanol–water partition coefficient (Wildman–Crippen LogP) is 0.734. The highest BCUT2D eigenvalue weighted by molar-refractivity contribution is 5.77. The van der Waals surface area contributed by atoms with Crippen molar-refractivity contribution in [3.8, 4) is 5.75 Å². The van der Waals surface area contributed by atoms with Crippen LogP contribution in [0.15, 0.2) is 24.3 Å². The first kappa shape index (κ1) is 14.8. The molecular weight excluding hydrogens is 254 g/mol. The number of ether oxygens (including phenoxy) is 1. The molecule has 1 aliphatic rings. The molecule has 110 valence electrons. The van der Waals surface area contributed by atoms with Crippen molar-refractivity contribution in [1.82, 2.24) is 10.2 Å². The number of carbonyl (C=O) groups excluding carboxylic acids is 1. The fourth-order valence-electron chi connectivity index (χ4n) is 2.08. The molecular formula is C15H23N3O2. The van der Waals surface area contributed by atoms with E-state index >= 15 is 0 Å². The summed E-state index contributed by atoms with van der Waals surface area (Å²) in [4.78, 5) is 14.0. The molecule has 20 heavy (non-hydrogen) atoms. The van der Waals surface area contributed by atoms with Gasteiger partial charge < -0.3 is 20.7 Å². The molecule has 0 heterocycles. The van der Waals surface area contributed by atoms with Crippen molar-refractivity contribution in [2.75, 3.05) is 26.7 Å². The van der Waals surface area contributed by atoms with Crippen LogP contribution in [-0.2, 0) is 11.3 Å². The standard InChI is InChI=1S/C15H23N3O2/c1-18(13-6-7-13)9-8-17-15(19)11-20-14-5-3-2-4-12(14)10-16/h2-5,13H,6-11,16H2,1H3,(H,17,19). The summed E-state index contributed by atoms with van der Waals surface area (Å²) >= 11 is 0. The minimum absolute atomic E-state index is 0.0319. The van der Waals surface area contributed by atoms with Crippen LogP contribution in [0.2, 0.25) is 0 Å². The van der Waals surface area contributed by atoms with Gasteiger partial charge in [0.2, 0.25) is 0 Å². The lowest BCUT2D eigenvalue weighted by Crippen LogP contribution is -2.36. The summed E-state index contributed by atoms with van der Waals surface area (Å²) in [6.07, 6.45) is 2.56. The summed E-state index contributed by atoms with van der Waals surface area (Å²) in [5, 5.41) is 2.87. The first-order valence-electron chi connectivity index (χ1n) is 7.08. The van der Waals surface area contributed by atoms with Crippen molar-refractivity contribution in [2.45, 2.75) is 25.4 Å². The number of rotatable bonds is 8. The number of para-hydroxylation sites is 1. The van der Waals surface area contributed by atoms with Gasteiger partial charge in [0.1, 0.15) is 5.75 Å². The molecule has 5 heteroatoms. The van der Waals surface area contributed by atoms with Crippen molar-refractivity contribution in [3.63, 3.8) is 0 Å². The maximum atomic E-state index is 11.7. The summed E-state index contributed by atoms with van der Waals surface area (Å²) in [5.74, 6) is 0.585. The minimum atomic E-state index is -0.0963. The Hall–Kier alpha value is -1.59. The average Bonchev–Trinajstić information content (AvgIpc) is 3.30. The smallest absolute Gasteiger partial charge is 0.257 e. The van der Waals surface area contributed by atoms with Crippen LogP contribution in [0.1, 0.15) is 18.4 Å². The summed E-state index contributed by atoms with van der Waals surface area (Å²) in [7, 11) is 2.10. The zero-order valence-electron chi connectivity index (χ0n) is 12.0. The summed E-state index contributed by atoms with van der Waals surface area (Å²) in [5.41, 5.74) is 6.53. The Morgan fingerprint density at radius 3 is 2.90 bits per heavy atom. The quantitative estimate of drug-likeness (QED) is 0.735. The van der Waals surface area contributed by atoms with E-state index in [0.29, 0.717) is 18.8 Å². The van der Waals surface area contributed by atoms with E-state index < -0.39 is 0 Å². The van der Waals surface area contributed by atoms with Gasteiger partial charge in [-0.15, -0.1) is 0 Å². The molecule has 0 aliphatic heterocycles. The van der Waals surface area contributed by atoms with Crippen LogP contribution in [0.4, 0.5) is 0 Å². The lowest BCUT2D eigenvalue weighted by Gasteiger charge is -2.16. The van der Waals surface area contributed by atoms with Gasteiger partial charge in [-0.1, -0.05) is 18.2 Å². The largest absolute Gasteiger partial charge is 0.483 e. The Balaban J connectivity index is 1.66. The third-order valence-electron chi connectivity index (χ3n) is 3.51. The molecule has 1 aromatic rings. The number of nitrogens with two attached hydrogens (primary N) is 1. The van der Waals surface area contributed by atoms with Gasteiger partial charge in [0.05, 0.1) is 0 Å². The van der Waals surface area contributed by atoms with Crippen molar-refractivity contribution >= 4 is 5.91 Å². The van der Waals surface area contributed by atoms with Gasteiger partial charge in [0.25, 0.3) is 5.91 Å². The first-order chi connectivity index (χ1) is 9.70. The number of hydrogen-bond donors (Lipinski definition) is 2. The van der Waals surface area contributed by atoms with E-state index in [9.17, 15) is 4.79 Å². The second-order valence-corrected chi connectivity index (χ2v) is 5.16. The van der Waals surface area contributed by atoms with Crippen molar-refractivity contribution in [1.29, 1.82) is 0 Å². The molecule has 1 saturated carbocycles. The van der Waals surface area contributed by atoms with Gasteiger partial charge >= 0.3 is 0 Å². The van der Waals surface area contributed by atoms with Gasteiger partial charge in [0, 0.05) is 31.2 Å². The Morgan fingerprint density at radius 2 is 2.20 bits per heavy atom. The van der Waals surface area contributed by atoms with Crippen LogP contribution < -0.4 is 15.8 Å². The lowest BCUT2D eigenvalue weighted by atomic mass is 10.2. The van der Waals surface area contributed by atoms with Gasteiger partial charge in [-0.05, 0) is 26.0 Å². The number of likely N-dealkylation sites (N-methyl/N-ethyl adjacent to an activating group) is 1. The zero-order valence-corrected chi connectivity index (χ0v) is 12.0. The monoisotopic (exact) mass is 277 g/mol. The summed E-state index contributed by atoms with van der Waals surface area (Å²) in [6, 6.07) is 8.23. The summed E-state index contributed by atoms with van der Waals surface area (Å²) < 4.78 is 5.50. The highest BCUT2D eigenvalue weighted by Gasteiger charge is 2.25. The molecule has 1 aromatic carbocycles. The molecule has 0 aromatic heterocycles. The van der Waals surface area contributed by atoms with Gasteiger partial charge in [-0.3, -0.25) is 4.79 Å². The average molecular weight is 277 g/mol. The fraction of sp³-hybridized carbons (Fsp3) is 0.533. The van der Waals surface area contributed by atoms with E-state index in [2.05, 4.69) is 17.3 Å². The van der Waals surface area contributed by atoms with Crippen molar-refractivity contribution in [3.05, 3.63) is 29.8 Å². The second kappa shape index (κ2) is 7.26. The third kappa shape index (κ3) is 4.51. The number of benzene rings is 1. The van der Waals surface area contributed by atoms with Crippen molar-refractivity contribution < 1.29 is 9.53 Å². The number of nitrogens with one attached hydrogen (secondary N) is 1. The fourth-order valence-corrected chi connectivity index (χ4v) is 2.08. The summed E-state index contributed by atoms with van der Waals surface area (Å²) in [6.45, 7) is 1.98. The molecule has 0 bridgehead atoms. The van der Waals surface area contributed by atoms with E-state index in [1.165, 1.54) is 12.8 Å². The van der Waals surface area contributed by atoms with Crippen LogP contribution in [0.25, 0.3) is 0 Å². The normalized spacial score (nSPS) is 14.3. The lowest BCUT2D eigenvalue weighted by molar-refractivity contribution is -0.123. The maximum absolute atomic E-state index is 11.7. The molecule has 0 saturated heterocycles. The number of nitrogens with zero attached hydrogens (tertiary/aromatic N) is 1. The highest BCUT2D eigenvalue weighted by atomic mass is 16.5. The van der Waals surface area contributed by atoms with Crippen LogP contribution in [0.3, 0.4) is 0 Å². The van der Waals surface area contributed by atoms with E-state index in [0.717, 1.165) is 18.2 Å². The third-order valence-corrected chi connectivity index (χ3v) is 3.51. The Morgan fingerprint density at radius 1 is 1.45 bits per heavy atom.